The second-order valence-electron chi connectivity index (χ2n) is 4.02. The molecule has 0 saturated heterocycles. The Morgan fingerprint density at radius 2 is 1.85 bits per heavy atom. The van der Waals surface area contributed by atoms with Gasteiger partial charge in [-0.2, -0.15) is 0 Å². The number of thioether (sulfide) groups is 1. The summed E-state index contributed by atoms with van der Waals surface area (Å²) < 4.78 is 7.27. The molecule has 0 spiro atoms. The first kappa shape index (κ1) is 13.1. The summed E-state index contributed by atoms with van der Waals surface area (Å²) in [6.45, 7) is 0.0462. The van der Waals surface area contributed by atoms with Crippen molar-refractivity contribution < 1.29 is 9.53 Å². The number of aromatic nitrogens is 1. The lowest BCUT2D eigenvalue weighted by atomic mass is 10.3. The molecule has 3 aromatic rings. The fourth-order valence-electron chi connectivity index (χ4n) is 1.68. The lowest BCUT2D eigenvalue weighted by Gasteiger charge is -2.03. The Morgan fingerprint density at radius 3 is 2.65 bits per heavy atom. The van der Waals surface area contributed by atoms with E-state index >= 15 is 0 Å². The molecule has 0 aliphatic carbocycles. The van der Waals surface area contributed by atoms with E-state index in [0.717, 1.165) is 26.3 Å². The second-order valence-corrected chi connectivity index (χ2v) is 6.36. The summed E-state index contributed by atoms with van der Waals surface area (Å²) in [5.74, 6) is 0.700. The topological polar surface area (TPSA) is 39.2 Å². The Kier molecular flexibility index (Phi) is 3.99. The van der Waals surface area contributed by atoms with Crippen LogP contribution in [-0.4, -0.2) is 16.7 Å². The third-order valence-electron chi connectivity index (χ3n) is 2.58. The van der Waals surface area contributed by atoms with Gasteiger partial charge in [0.05, 0.1) is 10.2 Å². The molecule has 1 aromatic heterocycles. The van der Waals surface area contributed by atoms with Crippen LogP contribution in [0.3, 0.4) is 0 Å². The van der Waals surface area contributed by atoms with Gasteiger partial charge in [-0.25, -0.2) is 4.98 Å². The molecule has 5 heteroatoms. The number of thiazole rings is 1. The molecule has 0 bridgehead atoms. The van der Waals surface area contributed by atoms with E-state index < -0.39 is 0 Å². The molecule has 0 fully saturated rings. The molecule has 0 aliphatic heterocycles. The van der Waals surface area contributed by atoms with Crippen LogP contribution < -0.4 is 4.74 Å². The van der Waals surface area contributed by atoms with Crippen molar-refractivity contribution in [2.24, 2.45) is 0 Å². The minimum atomic E-state index is -0.0482. The largest absolute Gasteiger partial charge is 0.485 e. The molecular formula is C15H11NO2S2. The van der Waals surface area contributed by atoms with E-state index in [2.05, 4.69) is 4.98 Å². The van der Waals surface area contributed by atoms with Crippen molar-refractivity contribution in [3.05, 3.63) is 54.6 Å². The van der Waals surface area contributed by atoms with Gasteiger partial charge in [-0.15, -0.1) is 11.3 Å². The van der Waals surface area contributed by atoms with Crippen LogP contribution in [-0.2, 0) is 4.79 Å². The van der Waals surface area contributed by atoms with E-state index in [1.165, 1.54) is 11.3 Å². The number of nitrogens with zero attached hydrogens (tertiary/aromatic N) is 1. The standard InChI is InChI=1S/C15H11NO2S2/c17-14(10-18-11-6-2-1-3-7-11)20-15-16-12-8-4-5-9-13(12)19-15/h1-9H,10H2. The van der Waals surface area contributed by atoms with Gasteiger partial charge >= 0.3 is 0 Å². The van der Waals surface area contributed by atoms with Crippen molar-refractivity contribution in [3.8, 4) is 5.75 Å². The van der Waals surface area contributed by atoms with E-state index in [1.54, 1.807) is 0 Å². The van der Waals surface area contributed by atoms with E-state index in [1.807, 2.05) is 54.6 Å². The molecule has 0 radical (unpaired) electrons. The predicted octanol–water partition coefficient (Wildman–Crippen LogP) is 3.99. The lowest BCUT2D eigenvalue weighted by Crippen LogP contribution is -2.06. The molecule has 3 rings (SSSR count). The number of hydrogen-bond acceptors (Lipinski definition) is 5. The summed E-state index contributed by atoms with van der Waals surface area (Å²) in [6.07, 6.45) is 0. The molecule has 0 unspecified atom stereocenters. The van der Waals surface area contributed by atoms with Crippen molar-refractivity contribution in [1.29, 1.82) is 0 Å². The van der Waals surface area contributed by atoms with Crippen LogP contribution in [0, 0.1) is 0 Å². The zero-order valence-corrected chi connectivity index (χ0v) is 12.1. The van der Waals surface area contributed by atoms with Crippen molar-refractivity contribution in [3.63, 3.8) is 0 Å². The van der Waals surface area contributed by atoms with E-state index in [0.29, 0.717) is 5.75 Å². The summed E-state index contributed by atoms with van der Waals surface area (Å²) in [4.78, 5) is 16.3. The third kappa shape index (κ3) is 3.18. The molecule has 0 atom stereocenters. The monoisotopic (exact) mass is 301 g/mol. The number of rotatable bonds is 4. The molecule has 1 heterocycles. The minimum Gasteiger partial charge on any atom is -0.485 e. The summed E-state index contributed by atoms with van der Waals surface area (Å²) in [5.41, 5.74) is 0.928. The number of carbonyl (C=O) groups excluding carboxylic acids is 1. The summed E-state index contributed by atoms with van der Waals surface area (Å²) in [6, 6.07) is 17.2. The highest BCUT2D eigenvalue weighted by Gasteiger charge is 2.10. The molecule has 0 saturated carbocycles. The molecule has 0 aliphatic rings. The van der Waals surface area contributed by atoms with Crippen molar-refractivity contribution in [2.75, 3.05) is 6.61 Å². The second kappa shape index (κ2) is 6.07. The van der Waals surface area contributed by atoms with Crippen LogP contribution in [0.5, 0.6) is 5.75 Å². The Balaban J connectivity index is 1.61. The SMILES string of the molecule is O=C(COc1ccccc1)Sc1nc2ccccc2s1. The number of fused-ring (bicyclic) bond motifs is 1. The average molecular weight is 301 g/mol. The van der Waals surface area contributed by atoms with Gasteiger partial charge in [0.2, 0.25) is 5.12 Å². The van der Waals surface area contributed by atoms with Crippen LogP contribution in [0.25, 0.3) is 10.2 Å². The van der Waals surface area contributed by atoms with Crippen LogP contribution in [0.15, 0.2) is 58.9 Å². The van der Waals surface area contributed by atoms with Gasteiger partial charge in [-0.05, 0) is 36.0 Å². The molecule has 100 valence electrons. The lowest BCUT2D eigenvalue weighted by molar-refractivity contribution is -0.112. The average Bonchev–Trinajstić information content (AvgIpc) is 2.88. The van der Waals surface area contributed by atoms with Crippen LogP contribution in [0.2, 0.25) is 0 Å². The Morgan fingerprint density at radius 1 is 1.10 bits per heavy atom. The van der Waals surface area contributed by atoms with Crippen molar-refractivity contribution in [1.82, 2.24) is 4.98 Å². The first-order valence-corrected chi connectivity index (χ1v) is 7.69. The van der Waals surface area contributed by atoms with Gasteiger partial charge in [0.15, 0.2) is 10.9 Å². The number of para-hydroxylation sites is 2. The molecule has 2 aromatic carbocycles. The third-order valence-corrected chi connectivity index (χ3v) is 4.52. The van der Waals surface area contributed by atoms with Gasteiger partial charge in [0.25, 0.3) is 0 Å². The van der Waals surface area contributed by atoms with Gasteiger partial charge in [0.1, 0.15) is 5.75 Å². The van der Waals surface area contributed by atoms with E-state index in [9.17, 15) is 4.79 Å². The Bertz CT molecular complexity index is 692. The molecule has 20 heavy (non-hydrogen) atoms. The quantitative estimate of drug-likeness (QED) is 0.683. The molecule has 0 amide bonds. The highest BCUT2D eigenvalue weighted by molar-refractivity contribution is 8.15. The maximum Gasteiger partial charge on any atom is 0.233 e. The van der Waals surface area contributed by atoms with Gasteiger partial charge in [-0.1, -0.05) is 30.3 Å². The zero-order chi connectivity index (χ0) is 13.8. The Labute approximate surface area is 124 Å². The normalized spacial score (nSPS) is 10.6. The summed E-state index contributed by atoms with van der Waals surface area (Å²) in [5, 5.41) is -0.0482. The fourth-order valence-corrected chi connectivity index (χ4v) is 3.55. The highest BCUT2D eigenvalue weighted by Crippen LogP contribution is 2.29. The number of benzene rings is 2. The molecular weight excluding hydrogens is 290 g/mol. The first-order valence-electron chi connectivity index (χ1n) is 6.05. The van der Waals surface area contributed by atoms with Crippen LogP contribution in [0.4, 0.5) is 0 Å². The number of hydrogen-bond donors (Lipinski definition) is 0. The molecule has 0 N–H and O–H groups in total. The van der Waals surface area contributed by atoms with Gasteiger partial charge in [-0.3, -0.25) is 4.79 Å². The van der Waals surface area contributed by atoms with E-state index in [-0.39, 0.29) is 11.7 Å². The Hall–Kier alpha value is -1.85. The summed E-state index contributed by atoms with van der Waals surface area (Å²) >= 11 is 2.65. The zero-order valence-electron chi connectivity index (χ0n) is 10.5. The molecule has 3 nitrogen and oxygen atoms in total. The van der Waals surface area contributed by atoms with Crippen LogP contribution in [0.1, 0.15) is 0 Å². The number of ether oxygens (including phenoxy) is 1. The first-order chi connectivity index (χ1) is 9.81. The van der Waals surface area contributed by atoms with Crippen molar-refractivity contribution >= 4 is 38.4 Å². The van der Waals surface area contributed by atoms with Gasteiger partial charge < -0.3 is 4.74 Å². The highest BCUT2D eigenvalue weighted by atomic mass is 32.2. The maximum absolute atomic E-state index is 11.9. The summed E-state index contributed by atoms with van der Waals surface area (Å²) in [7, 11) is 0. The van der Waals surface area contributed by atoms with E-state index in [4.69, 9.17) is 4.74 Å². The van der Waals surface area contributed by atoms with Gasteiger partial charge in [0, 0.05) is 0 Å². The maximum atomic E-state index is 11.9. The number of carbonyl (C=O) groups is 1. The van der Waals surface area contributed by atoms with Crippen LogP contribution >= 0.6 is 23.1 Å². The fraction of sp³-hybridized carbons (Fsp3) is 0.0667. The predicted molar refractivity (Wildman–Crippen MR) is 82.4 cm³/mol. The van der Waals surface area contributed by atoms with Crippen molar-refractivity contribution in [2.45, 2.75) is 4.34 Å². The smallest absolute Gasteiger partial charge is 0.233 e. The minimum absolute atomic E-state index is 0.0462.